The van der Waals surface area contributed by atoms with Crippen LogP contribution in [0.1, 0.15) is 27.7 Å². The summed E-state index contributed by atoms with van der Waals surface area (Å²) in [6, 6.07) is 0.146. The molecular formula is C13H23N3O2. The molecule has 1 heterocycles. The summed E-state index contributed by atoms with van der Waals surface area (Å²) < 4.78 is 2.79. The van der Waals surface area contributed by atoms with Crippen LogP contribution in [0.4, 0.5) is 0 Å². The lowest BCUT2D eigenvalue weighted by molar-refractivity contribution is 0.243. The Bertz CT molecular complexity index is 508. The minimum atomic E-state index is -0.485. The van der Waals surface area contributed by atoms with Crippen molar-refractivity contribution in [2.75, 3.05) is 6.54 Å². The average Bonchev–Trinajstić information content (AvgIpc) is 2.27. The van der Waals surface area contributed by atoms with Gasteiger partial charge in [-0.25, -0.2) is 0 Å². The van der Waals surface area contributed by atoms with Gasteiger partial charge in [0.25, 0.3) is 0 Å². The van der Waals surface area contributed by atoms with Crippen molar-refractivity contribution >= 4 is 0 Å². The van der Waals surface area contributed by atoms with Gasteiger partial charge in [-0.1, -0.05) is 27.7 Å². The molecule has 102 valence electrons. The van der Waals surface area contributed by atoms with Crippen molar-refractivity contribution < 1.29 is 0 Å². The number of likely N-dealkylation sites (N-methyl/N-ethyl adjacent to an activating group) is 1. The van der Waals surface area contributed by atoms with Crippen LogP contribution < -0.4 is 16.4 Å². The van der Waals surface area contributed by atoms with Crippen molar-refractivity contribution in [3.05, 3.63) is 33.1 Å². The Morgan fingerprint density at radius 3 is 2.33 bits per heavy atom. The topological polar surface area (TPSA) is 56.0 Å². The molecule has 0 aliphatic rings. The molecule has 0 saturated carbocycles. The Labute approximate surface area is 107 Å². The summed E-state index contributed by atoms with van der Waals surface area (Å²) in [5, 5.41) is 3.36. The number of hydrogen-bond acceptors (Lipinski definition) is 3. The summed E-state index contributed by atoms with van der Waals surface area (Å²) in [6.45, 7) is 9.73. The molecule has 1 aromatic rings. The molecule has 0 saturated heterocycles. The lowest BCUT2D eigenvalue weighted by Gasteiger charge is -2.31. The van der Waals surface area contributed by atoms with Crippen LogP contribution in [0.25, 0.3) is 0 Å². The van der Waals surface area contributed by atoms with Crippen molar-refractivity contribution in [3.63, 3.8) is 0 Å². The van der Waals surface area contributed by atoms with Gasteiger partial charge in [0.05, 0.1) is 0 Å². The van der Waals surface area contributed by atoms with E-state index in [1.807, 2.05) is 6.92 Å². The monoisotopic (exact) mass is 253 g/mol. The Hall–Kier alpha value is -1.36. The average molecular weight is 253 g/mol. The predicted octanol–water partition coefficient (Wildman–Crippen LogP) is 0.571. The van der Waals surface area contributed by atoms with E-state index in [9.17, 15) is 9.59 Å². The first kappa shape index (κ1) is 14.7. The second-order valence-corrected chi connectivity index (χ2v) is 5.65. The number of aromatic nitrogens is 2. The molecule has 1 atom stereocenters. The van der Waals surface area contributed by atoms with Crippen LogP contribution >= 0.6 is 0 Å². The van der Waals surface area contributed by atoms with Gasteiger partial charge < -0.3 is 14.5 Å². The number of hydrogen-bond donors (Lipinski definition) is 1. The largest absolute Gasteiger partial charge is 0.316 e. The molecule has 0 amide bonds. The Morgan fingerprint density at radius 2 is 1.83 bits per heavy atom. The van der Waals surface area contributed by atoms with E-state index >= 15 is 0 Å². The van der Waals surface area contributed by atoms with Crippen LogP contribution in [0.5, 0.6) is 0 Å². The van der Waals surface area contributed by atoms with Gasteiger partial charge >= 0.3 is 11.1 Å². The van der Waals surface area contributed by atoms with Crippen molar-refractivity contribution in [1.82, 2.24) is 14.5 Å². The zero-order valence-corrected chi connectivity index (χ0v) is 11.9. The quantitative estimate of drug-likeness (QED) is 0.798. The Kier molecular flexibility index (Phi) is 4.51. The summed E-state index contributed by atoms with van der Waals surface area (Å²) in [4.78, 5) is 23.4. The van der Waals surface area contributed by atoms with Gasteiger partial charge in [0.15, 0.2) is 0 Å². The molecule has 0 radical (unpaired) electrons. The standard InChI is InChI=1S/C13H23N3O2/c1-6-14-10(13(2,3)4)9-16-8-7-15(5)11(17)12(16)18/h7-8,10,14H,6,9H2,1-5H3. The van der Waals surface area contributed by atoms with E-state index < -0.39 is 11.1 Å². The first-order valence-corrected chi connectivity index (χ1v) is 6.26. The number of nitrogens with one attached hydrogen (secondary N) is 1. The molecule has 5 heteroatoms. The van der Waals surface area contributed by atoms with Gasteiger partial charge in [-0.05, 0) is 12.0 Å². The number of nitrogens with zero attached hydrogens (tertiary/aromatic N) is 2. The molecule has 0 bridgehead atoms. The molecule has 1 aromatic heterocycles. The lowest BCUT2D eigenvalue weighted by Crippen LogP contribution is -2.48. The fourth-order valence-electron chi connectivity index (χ4n) is 1.82. The molecule has 0 aliphatic carbocycles. The highest BCUT2D eigenvalue weighted by molar-refractivity contribution is 4.88. The zero-order chi connectivity index (χ0) is 13.9. The van der Waals surface area contributed by atoms with Crippen molar-refractivity contribution in [2.24, 2.45) is 12.5 Å². The normalized spacial score (nSPS) is 13.6. The maximum atomic E-state index is 11.9. The van der Waals surface area contributed by atoms with Crippen LogP contribution in [0.15, 0.2) is 22.0 Å². The maximum absolute atomic E-state index is 11.9. The maximum Gasteiger partial charge on any atom is 0.316 e. The molecule has 5 nitrogen and oxygen atoms in total. The molecule has 0 fully saturated rings. The molecule has 1 unspecified atom stereocenters. The van der Waals surface area contributed by atoms with E-state index in [0.717, 1.165) is 6.54 Å². The third-order valence-corrected chi connectivity index (χ3v) is 3.11. The minimum Gasteiger partial charge on any atom is -0.312 e. The van der Waals surface area contributed by atoms with Crippen molar-refractivity contribution in [2.45, 2.75) is 40.3 Å². The zero-order valence-electron chi connectivity index (χ0n) is 11.9. The van der Waals surface area contributed by atoms with Gasteiger partial charge in [-0.2, -0.15) is 0 Å². The van der Waals surface area contributed by atoms with E-state index in [2.05, 4.69) is 26.1 Å². The number of rotatable bonds is 4. The van der Waals surface area contributed by atoms with Crippen molar-refractivity contribution in [3.8, 4) is 0 Å². The minimum absolute atomic E-state index is 0.0243. The van der Waals surface area contributed by atoms with Crippen LogP contribution in [0, 0.1) is 5.41 Å². The summed E-state index contributed by atoms with van der Waals surface area (Å²) in [7, 11) is 1.58. The second kappa shape index (κ2) is 5.52. The Morgan fingerprint density at radius 1 is 1.22 bits per heavy atom. The molecule has 1 rings (SSSR count). The molecule has 18 heavy (non-hydrogen) atoms. The molecule has 1 N–H and O–H groups in total. The summed E-state index contributed by atoms with van der Waals surface area (Å²) in [5.74, 6) is 0. The second-order valence-electron chi connectivity index (χ2n) is 5.65. The first-order chi connectivity index (χ1) is 8.27. The number of aryl methyl sites for hydroxylation is 1. The molecule has 0 aliphatic heterocycles. The fraction of sp³-hybridized carbons (Fsp3) is 0.692. The van der Waals surface area contributed by atoms with Crippen LogP contribution in [-0.2, 0) is 13.6 Å². The summed E-state index contributed by atoms with van der Waals surface area (Å²) >= 11 is 0. The third kappa shape index (κ3) is 3.32. The predicted molar refractivity (Wildman–Crippen MR) is 72.9 cm³/mol. The molecule has 0 aromatic carbocycles. The van der Waals surface area contributed by atoms with E-state index in [0.29, 0.717) is 6.54 Å². The van der Waals surface area contributed by atoms with E-state index in [-0.39, 0.29) is 11.5 Å². The van der Waals surface area contributed by atoms with Gasteiger partial charge in [-0.3, -0.25) is 9.59 Å². The van der Waals surface area contributed by atoms with Gasteiger partial charge in [0, 0.05) is 32.0 Å². The third-order valence-electron chi connectivity index (χ3n) is 3.11. The van der Waals surface area contributed by atoms with Gasteiger partial charge in [0.1, 0.15) is 0 Å². The summed E-state index contributed by atoms with van der Waals surface area (Å²) in [5.41, 5.74) is -0.926. The SMILES string of the molecule is CCNC(Cn1ccn(C)c(=O)c1=O)C(C)(C)C. The van der Waals surface area contributed by atoms with Crippen LogP contribution in [-0.4, -0.2) is 21.7 Å². The Balaban J connectivity index is 3.06. The molecular weight excluding hydrogens is 230 g/mol. The highest BCUT2D eigenvalue weighted by Crippen LogP contribution is 2.20. The lowest BCUT2D eigenvalue weighted by atomic mass is 9.86. The smallest absolute Gasteiger partial charge is 0.312 e. The fourth-order valence-corrected chi connectivity index (χ4v) is 1.82. The van der Waals surface area contributed by atoms with E-state index in [4.69, 9.17) is 0 Å². The van der Waals surface area contributed by atoms with Gasteiger partial charge in [-0.15, -0.1) is 0 Å². The molecule has 0 spiro atoms. The highest BCUT2D eigenvalue weighted by atomic mass is 16.2. The van der Waals surface area contributed by atoms with Crippen LogP contribution in [0.3, 0.4) is 0 Å². The van der Waals surface area contributed by atoms with Crippen LogP contribution in [0.2, 0.25) is 0 Å². The van der Waals surface area contributed by atoms with E-state index in [1.165, 1.54) is 9.13 Å². The van der Waals surface area contributed by atoms with Gasteiger partial charge in [0.2, 0.25) is 0 Å². The highest BCUT2D eigenvalue weighted by Gasteiger charge is 2.24. The van der Waals surface area contributed by atoms with Crippen molar-refractivity contribution in [1.29, 1.82) is 0 Å². The summed E-state index contributed by atoms with van der Waals surface area (Å²) in [6.07, 6.45) is 3.29. The van der Waals surface area contributed by atoms with E-state index in [1.54, 1.807) is 19.4 Å². The first-order valence-electron chi connectivity index (χ1n) is 6.26.